The number of nitrogens with two attached hydrogens (primary N) is 1. The molecule has 0 aliphatic carbocycles. The van der Waals surface area contributed by atoms with E-state index < -0.39 is 29.1 Å². The molecule has 0 aliphatic rings. The topological polar surface area (TPSA) is 78.9 Å². The molecule has 0 saturated heterocycles. The fraction of sp³-hybridized carbons (Fsp3) is 0.273. The van der Waals surface area contributed by atoms with Crippen LogP contribution in [-0.4, -0.2) is 34.9 Å². The van der Waals surface area contributed by atoms with Gasteiger partial charge in [-0.3, -0.25) is 4.79 Å². The highest BCUT2D eigenvalue weighted by Gasteiger charge is 2.25. The van der Waals surface area contributed by atoms with Gasteiger partial charge in [0.15, 0.2) is 5.84 Å². The molecule has 0 fully saturated rings. The molecule has 1 rings (SSSR count). The van der Waals surface area contributed by atoms with Crippen LogP contribution in [0.2, 0.25) is 0 Å². The average molecular weight is 257 g/mol. The summed E-state index contributed by atoms with van der Waals surface area (Å²) in [5.41, 5.74) is 4.66. The summed E-state index contributed by atoms with van der Waals surface area (Å²) in [7, 11) is 1.30. The van der Waals surface area contributed by atoms with Crippen LogP contribution in [0.15, 0.2) is 23.4 Å². The molecule has 0 spiro atoms. The maximum Gasteiger partial charge on any atom is 0.260 e. The van der Waals surface area contributed by atoms with E-state index in [1.807, 2.05) is 0 Å². The van der Waals surface area contributed by atoms with Crippen LogP contribution < -0.4 is 5.73 Å². The van der Waals surface area contributed by atoms with Gasteiger partial charge in [-0.1, -0.05) is 11.2 Å². The van der Waals surface area contributed by atoms with Crippen LogP contribution in [0.4, 0.5) is 8.78 Å². The first-order valence-electron chi connectivity index (χ1n) is 5.08. The van der Waals surface area contributed by atoms with E-state index in [2.05, 4.69) is 5.16 Å². The van der Waals surface area contributed by atoms with Gasteiger partial charge in [0.2, 0.25) is 0 Å². The van der Waals surface area contributed by atoms with Crippen LogP contribution in [0.5, 0.6) is 0 Å². The molecule has 0 heterocycles. The van der Waals surface area contributed by atoms with E-state index in [9.17, 15) is 13.6 Å². The normalized spacial score (nSPS) is 13.2. The second kappa shape index (κ2) is 5.44. The number of carbonyl (C=O) groups is 1. The Kier molecular flexibility index (Phi) is 4.19. The van der Waals surface area contributed by atoms with Crippen molar-refractivity contribution < 1.29 is 18.8 Å². The summed E-state index contributed by atoms with van der Waals surface area (Å²) in [5.74, 6) is -3.04. The van der Waals surface area contributed by atoms with E-state index in [0.29, 0.717) is 0 Å². The molecule has 18 heavy (non-hydrogen) atoms. The highest BCUT2D eigenvalue weighted by molar-refractivity contribution is 5.98. The van der Waals surface area contributed by atoms with Crippen LogP contribution in [0.1, 0.15) is 17.3 Å². The van der Waals surface area contributed by atoms with Crippen molar-refractivity contribution in [2.45, 2.75) is 13.0 Å². The van der Waals surface area contributed by atoms with Crippen LogP contribution >= 0.6 is 0 Å². The lowest BCUT2D eigenvalue weighted by Crippen LogP contribution is -2.44. The Morgan fingerprint density at radius 3 is 2.39 bits per heavy atom. The van der Waals surface area contributed by atoms with Crippen LogP contribution in [0.25, 0.3) is 0 Å². The van der Waals surface area contributed by atoms with Crippen molar-refractivity contribution in [1.82, 2.24) is 4.90 Å². The molecule has 0 aliphatic heterocycles. The summed E-state index contributed by atoms with van der Waals surface area (Å²) in [5, 5.41) is 11.2. The van der Waals surface area contributed by atoms with Gasteiger partial charge in [-0.25, -0.2) is 8.78 Å². The lowest BCUT2D eigenvalue weighted by atomic mass is 10.1. The monoisotopic (exact) mass is 257 g/mol. The van der Waals surface area contributed by atoms with E-state index in [1.165, 1.54) is 14.0 Å². The highest BCUT2D eigenvalue weighted by atomic mass is 19.1. The molecule has 1 aromatic carbocycles. The molecule has 1 atom stereocenters. The van der Waals surface area contributed by atoms with Crippen LogP contribution in [0.3, 0.4) is 0 Å². The van der Waals surface area contributed by atoms with E-state index in [4.69, 9.17) is 10.9 Å². The Morgan fingerprint density at radius 2 is 1.94 bits per heavy atom. The van der Waals surface area contributed by atoms with E-state index in [1.54, 1.807) is 0 Å². The van der Waals surface area contributed by atoms with Crippen molar-refractivity contribution in [3.05, 3.63) is 35.4 Å². The minimum atomic E-state index is -0.960. The van der Waals surface area contributed by atoms with Crippen molar-refractivity contribution in [2.75, 3.05) is 7.05 Å². The quantitative estimate of drug-likeness (QED) is 0.369. The molecular formula is C11H13F2N3O2. The lowest BCUT2D eigenvalue weighted by molar-refractivity contribution is 0.0766. The molecule has 1 unspecified atom stereocenters. The Morgan fingerprint density at radius 1 is 1.44 bits per heavy atom. The standard InChI is InChI=1S/C11H13F2N3O2/c1-6(10(14)15-18)16(2)11(17)9-7(12)4-3-5-8(9)13/h3-6,18H,1-2H3,(H2,14,15). The molecule has 3 N–H and O–H groups in total. The first kappa shape index (κ1) is 13.9. The fourth-order valence-electron chi connectivity index (χ4n) is 1.34. The summed E-state index contributed by atoms with van der Waals surface area (Å²) in [6, 6.07) is 2.34. The Labute approximate surface area is 102 Å². The van der Waals surface area contributed by atoms with Gasteiger partial charge in [-0.05, 0) is 19.1 Å². The average Bonchev–Trinajstić information content (AvgIpc) is 2.35. The molecule has 1 amide bonds. The number of oxime groups is 1. The van der Waals surface area contributed by atoms with E-state index >= 15 is 0 Å². The van der Waals surface area contributed by atoms with Gasteiger partial charge in [-0.15, -0.1) is 0 Å². The number of rotatable bonds is 3. The van der Waals surface area contributed by atoms with E-state index in [0.717, 1.165) is 23.1 Å². The maximum atomic E-state index is 13.4. The van der Waals surface area contributed by atoms with Gasteiger partial charge in [0.05, 0.1) is 6.04 Å². The first-order valence-corrected chi connectivity index (χ1v) is 5.08. The van der Waals surface area contributed by atoms with Crippen molar-refractivity contribution in [1.29, 1.82) is 0 Å². The van der Waals surface area contributed by atoms with Gasteiger partial charge >= 0.3 is 0 Å². The molecule has 98 valence electrons. The highest BCUT2D eigenvalue weighted by Crippen LogP contribution is 2.15. The number of amides is 1. The van der Waals surface area contributed by atoms with Gasteiger partial charge in [0.25, 0.3) is 5.91 Å². The van der Waals surface area contributed by atoms with Crippen molar-refractivity contribution in [3.63, 3.8) is 0 Å². The molecule has 0 aromatic heterocycles. The van der Waals surface area contributed by atoms with Gasteiger partial charge in [-0.2, -0.15) is 0 Å². The number of carbonyl (C=O) groups excluding carboxylic acids is 1. The summed E-state index contributed by atoms with van der Waals surface area (Å²) < 4.78 is 26.8. The molecule has 7 heteroatoms. The number of amidine groups is 1. The summed E-state index contributed by atoms with van der Waals surface area (Å²) in [4.78, 5) is 12.9. The predicted molar refractivity (Wildman–Crippen MR) is 61.3 cm³/mol. The molecule has 1 aromatic rings. The second-order valence-electron chi connectivity index (χ2n) is 3.71. The second-order valence-corrected chi connectivity index (χ2v) is 3.71. The molecule has 0 radical (unpaired) electrons. The number of hydrogen-bond acceptors (Lipinski definition) is 3. The summed E-state index contributed by atoms with van der Waals surface area (Å²) >= 11 is 0. The predicted octanol–water partition coefficient (Wildman–Crippen LogP) is 1.17. The van der Waals surface area contributed by atoms with Crippen molar-refractivity contribution >= 4 is 11.7 Å². The zero-order valence-corrected chi connectivity index (χ0v) is 9.89. The molecule has 0 saturated carbocycles. The third kappa shape index (κ3) is 2.55. The largest absolute Gasteiger partial charge is 0.409 e. The number of benzene rings is 1. The molecule has 5 nitrogen and oxygen atoms in total. The lowest BCUT2D eigenvalue weighted by Gasteiger charge is -2.24. The molecule has 0 bridgehead atoms. The third-order valence-electron chi connectivity index (χ3n) is 2.62. The van der Waals surface area contributed by atoms with Gasteiger partial charge in [0, 0.05) is 7.05 Å². The minimum Gasteiger partial charge on any atom is -0.409 e. The number of nitrogens with zero attached hydrogens (tertiary/aromatic N) is 2. The van der Waals surface area contributed by atoms with Crippen molar-refractivity contribution in [3.8, 4) is 0 Å². The van der Waals surface area contributed by atoms with Gasteiger partial charge < -0.3 is 15.8 Å². The fourth-order valence-corrected chi connectivity index (χ4v) is 1.34. The maximum absolute atomic E-state index is 13.4. The van der Waals surface area contributed by atoms with Crippen molar-refractivity contribution in [2.24, 2.45) is 10.9 Å². The van der Waals surface area contributed by atoms with Gasteiger partial charge in [0.1, 0.15) is 17.2 Å². The smallest absolute Gasteiger partial charge is 0.260 e. The van der Waals surface area contributed by atoms with Crippen LogP contribution in [-0.2, 0) is 0 Å². The number of likely N-dealkylation sites (N-methyl/N-ethyl adjacent to an activating group) is 1. The summed E-state index contributed by atoms with van der Waals surface area (Å²) in [6.45, 7) is 1.46. The van der Waals surface area contributed by atoms with E-state index in [-0.39, 0.29) is 5.84 Å². The Balaban J connectivity index is 3.08. The zero-order chi connectivity index (χ0) is 13.9. The summed E-state index contributed by atoms with van der Waals surface area (Å²) in [6.07, 6.45) is 0. The third-order valence-corrected chi connectivity index (χ3v) is 2.62. The Hall–Kier alpha value is -2.18. The Bertz CT molecular complexity index is 471. The zero-order valence-electron chi connectivity index (χ0n) is 9.89. The number of hydrogen-bond donors (Lipinski definition) is 2. The SMILES string of the molecule is CC(C(N)=NO)N(C)C(=O)c1c(F)cccc1F. The number of halogens is 2. The minimum absolute atomic E-state index is 0.234. The van der Waals surface area contributed by atoms with Crippen LogP contribution in [0, 0.1) is 11.6 Å². The first-order chi connectivity index (χ1) is 8.40. The molecular weight excluding hydrogens is 244 g/mol.